The summed E-state index contributed by atoms with van der Waals surface area (Å²) in [4.78, 5) is 13.1. The standard InChI is InChI=1S/C54H103NO8/c1-3-5-7-9-11-13-15-17-18-19-20-21-22-23-24-25-26-27-28-29-30-32-34-36-38-40-42-50(58)55-46(43-44-48-52(60)54(62)53(61)49(45-56)63-48)51(59)47(57)41-39-37-35-33-31-16-14-12-10-8-6-4-2/h27-28,43-44,46-49,51-54,56-57,59-62H,3-26,29-42,45H2,1-2H3,(H,55,58)/b28-27+,44-43+/t46-,47+,48+,49?,51-,52?,53-,54+/m0/s1. The molecule has 1 amide bonds. The molecule has 1 rings (SSSR count). The summed E-state index contributed by atoms with van der Waals surface area (Å²) >= 11 is 0. The maximum atomic E-state index is 13.1. The van der Waals surface area contributed by atoms with Crippen LogP contribution in [0.1, 0.15) is 258 Å². The zero-order valence-corrected chi connectivity index (χ0v) is 41.0. The number of amides is 1. The molecule has 1 fully saturated rings. The van der Waals surface area contributed by atoms with Crippen LogP contribution in [0.15, 0.2) is 24.3 Å². The molecule has 1 aliphatic rings. The molecule has 8 atom stereocenters. The van der Waals surface area contributed by atoms with Gasteiger partial charge in [0.15, 0.2) is 0 Å². The van der Waals surface area contributed by atoms with E-state index in [4.69, 9.17) is 4.74 Å². The van der Waals surface area contributed by atoms with Crippen LogP contribution in [0.25, 0.3) is 0 Å². The lowest BCUT2D eigenvalue weighted by Gasteiger charge is -2.39. The summed E-state index contributed by atoms with van der Waals surface area (Å²) in [6, 6.07) is -0.950. The summed E-state index contributed by atoms with van der Waals surface area (Å²) in [6.45, 7) is 3.98. The van der Waals surface area contributed by atoms with Gasteiger partial charge >= 0.3 is 0 Å². The Kier molecular flexibility index (Phi) is 41.0. The molecule has 7 N–H and O–H groups in total. The molecule has 1 aliphatic heterocycles. The molecule has 0 spiro atoms. The van der Waals surface area contributed by atoms with E-state index in [0.29, 0.717) is 12.8 Å². The van der Waals surface area contributed by atoms with Gasteiger partial charge in [-0.1, -0.05) is 237 Å². The second kappa shape index (κ2) is 43.3. The Morgan fingerprint density at radius 1 is 0.524 bits per heavy atom. The summed E-state index contributed by atoms with van der Waals surface area (Å²) in [7, 11) is 0. The van der Waals surface area contributed by atoms with Crippen LogP contribution in [-0.2, 0) is 9.53 Å². The van der Waals surface area contributed by atoms with Crippen molar-refractivity contribution in [3.8, 4) is 0 Å². The van der Waals surface area contributed by atoms with Crippen LogP contribution in [0.5, 0.6) is 0 Å². The van der Waals surface area contributed by atoms with Crippen molar-refractivity contribution < 1.29 is 40.2 Å². The summed E-state index contributed by atoms with van der Waals surface area (Å²) in [5, 5.41) is 65.6. The van der Waals surface area contributed by atoms with Crippen LogP contribution in [0.2, 0.25) is 0 Å². The number of aliphatic hydroxyl groups is 6. The monoisotopic (exact) mass is 894 g/mol. The number of carbonyl (C=O) groups is 1. The molecule has 0 aromatic rings. The predicted molar refractivity (Wildman–Crippen MR) is 263 cm³/mol. The van der Waals surface area contributed by atoms with Gasteiger partial charge in [0.1, 0.15) is 36.6 Å². The first kappa shape index (κ1) is 59.7. The molecule has 0 bridgehead atoms. The molecule has 9 heteroatoms. The quantitative estimate of drug-likeness (QED) is 0.0235. The fourth-order valence-electron chi connectivity index (χ4n) is 8.93. The minimum atomic E-state index is -1.53. The summed E-state index contributed by atoms with van der Waals surface area (Å²) in [6.07, 6.45) is 44.8. The Morgan fingerprint density at radius 3 is 1.32 bits per heavy atom. The molecular formula is C54H103NO8. The van der Waals surface area contributed by atoms with Gasteiger partial charge in [-0.3, -0.25) is 4.79 Å². The molecule has 0 aromatic heterocycles. The Bertz CT molecular complexity index is 1050. The van der Waals surface area contributed by atoms with Crippen LogP contribution in [0.4, 0.5) is 0 Å². The van der Waals surface area contributed by atoms with E-state index < -0.39 is 55.4 Å². The first-order chi connectivity index (χ1) is 30.8. The van der Waals surface area contributed by atoms with Gasteiger partial charge in [-0.15, -0.1) is 0 Å². The minimum Gasteiger partial charge on any atom is -0.394 e. The maximum Gasteiger partial charge on any atom is 0.220 e. The fourth-order valence-corrected chi connectivity index (χ4v) is 8.93. The van der Waals surface area contributed by atoms with Crippen LogP contribution >= 0.6 is 0 Å². The summed E-state index contributed by atoms with van der Waals surface area (Å²) in [5.74, 6) is -0.232. The average molecular weight is 894 g/mol. The molecule has 372 valence electrons. The van der Waals surface area contributed by atoms with Gasteiger partial charge in [-0.2, -0.15) is 0 Å². The number of carbonyl (C=O) groups excluding carboxylic acids is 1. The second-order valence-corrected chi connectivity index (χ2v) is 19.2. The number of hydrogen-bond donors (Lipinski definition) is 7. The van der Waals surface area contributed by atoms with E-state index in [2.05, 4.69) is 31.3 Å². The third-order valence-corrected chi connectivity index (χ3v) is 13.3. The van der Waals surface area contributed by atoms with Gasteiger partial charge in [0.05, 0.1) is 18.8 Å². The van der Waals surface area contributed by atoms with E-state index in [0.717, 1.165) is 51.4 Å². The fraction of sp³-hybridized carbons (Fsp3) is 0.907. The van der Waals surface area contributed by atoms with Crippen LogP contribution in [-0.4, -0.2) is 91.9 Å². The smallest absolute Gasteiger partial charge is 0.220 e. The van der Waals surface area contributed by atoms with E-state index in [-0.39, 0.29) is 5.91 Å². The Labute approximate surface area is 387 Å². The van der Waals surface area contributed by atoms with Gasteiger partial charge < -0.3 is 40.7 Å². The molecule has 0 saturated carbocycles. The van der Waals surface area contributed by atoms with E-state index >= 15 is 0 Å². The van der Waals surface area contributed by atoms with Crippen LogP contribution < -0.4 is 5.32 Å². The summed E-state index contributed by atoms with van der Waals surface area (Å²) in [5.41, 5.74) is 0. The molecule has 9 nitrogen and oxygen atoms in total. The second-order valence-electron chi connectivity index (χ2n) is 19.2. The van der Waals surface area contributed by atoms with E-state index in [1.165, 1.54) is 192 Å². The SMILES string of the molecule is CCCCCCCCCCCCCCCCCC/C=C/CCCCCCCCC(=O)N[C@@H](/C=C/[C@H]1OC(CO)[C@H](O)[C@H](O)C1O)[C@H](O)[C@H](O)CCCCCCCCCCCCCC. The first-order valence-electron chi connectivity index (χ1n) is 27.1. The molecule has 0 aromatic carbocycles. The number of rotatable bonds is 45. The number of unbranched alkanes of at least 4 members (excludes halogenated alkanes) is 33. The highest BCUT2D eigenvalue weighted by atomic mass is 16.5. The van der Waals surface area contributed by atoms with Crippen molar-refractivity contribution in [2.24, 2.45) is 0 Å². The molecule has 63 heavy (non-hydrogen) atoms. The van der Waals surface area contributed by atoms with Gasteiger partial charge in [-0.25, -0.2) is 0 Å². The van der Waals surface area contributed by atoms with Gasteiger partial charge in [0, 0.05) is 6.42 Å². The third kappa shape index (κ3) is 32.9. The van der Waals surface area contributed by atoms with Crippen LogP contribution in [0, 0.1) is 0 Å². The highest BCUT2D eigenvalue weighted by molar-refractivity contribution is 5.76. The third-order valence-electron chi connectivity index (χ3n) is 13.3. The van der Waals surface area contributed by atoms with Crippen molar-refractivity contribution in [1.82, 2.24) is 5.32 Å². The first-order valence-corrected chi connectivity index (χ1v) is 27.1. The average Bonchev–Trinajstić information content (AvgIpc) is 3.28. The Morgan fingerprint density at radius 2 is 0.905 bits per heavy atom. The molecular weight excluding hydrogens is 791 g/mol. The Hall–Kier alpha value is -1.33. The lowest BCUT2D eigenvalue weighted by molar-refractivity contribution is -0.216. The highest BCUT2D eigenvalue weighted by Gasteiger charge is 2.42. The number of aliphatic hydroxyl groups excluding tert-OH is 6. The normalized spacial score (nSPS) is 20.8. The molecule has 1 saturated heterocycles. The summed E-state index contributed by atoms with van der Waals surface area (Å²) < 4.78 is 5.60. The predicted octanol–water partition coefficient (Wildman–Crippen LogP) is 12.0. The van der Waals surface area contributed by atoms with E-state index in [9.17, 15) is 35.4 Å². The maximum absolute atomic E-state index is 13.1. The van der Waals surface area contributed by atoms with Crippen LogP contribution in [0.3, 0.4) is 0 Å². The number of hydrogen-bond acceptors (Lipinski definition) is 8. The Balaban J connectivity index is 2.27. The lowest BCUT2D eigenvalue weighted by atomic mass is 9.93. The van der Waals surface area contributed by atoms with Crippen molar-refractivity contribution in [3.05, 3.63) is 24.3 Å². The van der Waals surface area contributed by atoms with Crippen molar-refractivity contribution in [3.63, 3.8) is 0 Å². The van der Waals surface area contributed by atoms with Crippen molar-refractivity contribution in [2.45, 2.75) is 307 Å². The van der Waals surface area contributed by atoms with Crippen molar-refractivity contribution in [1.29, 1.82) is 0 Å². The van der Waals surface area contributed by atoms with Gasteiger partial charge in [0.2, 0.25) is 5.91 Å². The minimum absolute atomic E-state index is 0.232. The van der Waals surface area contributed by atoms with E-state index in [1.54, 1.807) is 0 Å². The molecule has 0 radical (unpaired) electrons. The van der Waals surface area contributed by atoms with Crippen molar-refractivity contribution >= 4 is 5.91 Å². The van der Waals surface area contributed by atoms with Crippen molar-refractivity contribution in [2.75, 3.05) is 6.61 Å². The van der Waals surface area contributed by atoms with E-state index in [1.807, 2.05) is 0 Å². The lowest BCUT2D eigenvalue weighted by Crippen LogP contribution is -2.58. The highest BCUT2D eigenvalue weighted by Crippen LogP contribution is 2.23. The number of allylic oxidation sites excluding steroid dienone is 2. The zero-order chi connectivity index (χ0) is 46.0. The van der Waals surface area contributed by atoms with Gasteiger partial charge in [-0.05, 0) is 38.5 Å². The zero-order valence-electron chi connectivity index (χ0n) is 41.0. The van der Waals surface area contributed by atoms with Gasteiger partial charge in [0.25, 0.3) is 0 Å². The number of nitrogens with one attached hydrogen (secondary N) is 1. The molecule has 1 heterocycles. The molecule has 2 unspecified atom stereocenters. The number of ether oxygens (including phenoxy) is 1. The largest absolute Gasteiger partial charge is 0.394 e. The topological polar surface area (TPSA) is 160 Å². The molecule has 0 aliphatic carbocycles.